The maximum Gasteiger partial charge on any atom is 0.214 e. The van der Waals surface area contributed by atoms with E-state index in [4.69, 9.17) is 4.74 Å². The van der Waals surface area contributed by atoms with Gasteiger partial charge in [0.2, 0.25) is 5.88 Å². The molecule has 0 N–H and O–H groups in total. The molecule has 1 rings (SSSR count). The van der Waals surface area contributed by atoms with Crippen molar-refractivity contribution in [2.24, 2.45) is 0 Å². The Morgan fingerprint density at radius 3 is 2.82 bits per heavy atom. The van der Waals surface area contributed by atoms with Gasteiger partial charge >= 0.3 is 0 Å². The minimum absolute atomic E-state index is 0.673. The van der Waals surface area contributed by atoms with Crippen molar-refractivity contribution in [1.82, 2.24) is 4.98 Å². The standard InChI is InChI=1S/C8H10INO/c1-3-11-8-5-7(9)4-6(2)10-8/h4-5H,3H2,1-2H3. The van der Waals surface area contributed by atoms with Crippen LogP contribution in [0.15, 0.2) is 12.1 Å². The molecule has 0 aliphatic rings. The number of aromatic nitrogens is 1. The minimum Gasteiger partial charge on any atom is -0.478 e. The molecule has 0 aliphatic carbocycles. The van der Waals surface area contributed by atoms with E-state index in [0.29, 0.717) is 6.61 Å². The maximum absolute atomic E-state index is 5.25. The molecule has 0 aromatic carbocycles. The summed E-state index contributed by atoms with van der Waals surface area (Å²) in [5, 5.41) is 0. The number of halogens is 1. The summed E-state index contributed by atoms with van der Waals surface area (Å²) in [5.41, 5.74) is 1.00. The van der Waals surface area contributed by atoms with Crippen LogP contribution in [0.5, 0.6) is 5.88 Å². The van der Waals surface area contributed by atoms with Gasteiger partial charge in [0.05, 0.1) is 6.61 Å². The average molecular weight is 263 g/mol. The Morgan fingerprint density at radius 1 is 1.55 bits per heavy atom. The molecule has 0 radical (unpaired) electrons. The van der Waals surface area contributed by atoms with Gasteiger partial charge in [0.1, 0.15) is 0 Å². The van der Waals surface area contributed by atoms with Crippen LogP contribution >= 0.6 is 22.6 Å². The molecule has 1 aromatic rings. The topological polar surface area (TPSA) is 22.1 Å². The molecule has 0 spiro atoms. The lowest BCUT2D eigenvalue weighted by molar-refractivity contribution is 0.326. The molecule has 0 atom stereocenters. The van der Waals surface area contributed by atoms with Crippen LogP contribution in [0.3, 0.4) is 0 Å². The Kier molecular flexibility index (Phi) is 3.11. The first kappa shape index (κ1) is 8.77. The molecule has 0 unspecified atom stereocenters. The molecule has 0 bridgehead atoms. The molecular weight excluding hydrogens is 253 g/mol. The molecule has 1 aromatic heterocycles. The van der Waals surface area contributed by atoms with E-state index in [1.165, 1.54) is 3.57 Å². The molecule has 0 aliphatic heterocycles. The molecule has 0 fully saturated rings. The number of rotatable bonds is 2. The van der Waals surface area contributed by atoms with E-state index in [0.717, 1.165) is 11.6 Å². The van der Waals surface area contributed by atoms with E-state index in [-0.39, 0.29) is 0 Å². The van der Waals surface area contributed by atoms with Crippen LogP contribution in [-0.4, -0.2) is 11.6 Å². The first-order valence-electron chi connectivity index (χ1n) is 3.49. The van der Waals surface area contributed by atoms with E-state index in [1.807, 2.05) is 26.0 Å². The molecule has 0 amide bonds. The van der Waals surface area contributed by atoms with Crippen molar-refractivity contribution < 1.29 is 4.74 Å². The van der Waals surface area contributed by atoms with E-state index in [1.54, 1.807) is 0 Å². The second-order valence-corrected chi connectivity index (χ2v) is 3.44. The fourth-order valence-corrected chi connectivity index (χ4v) is 1.54. The van der Waals surface area contributed by atoms with Gasteiger partial charge in [-0.25, -0.2) is 4.98 Å². The van der Waals surface area contributed by atoms with Crippen molar-refractivity contribution >= 4 is 22.6 Å². The normalized spacial score (nSPS) is 9.73. The second-order valence-electron chi connectivity index (χ2n) is 2.20. The zero-order valence-corrected chi connectivity index (χ0v) is 8.75. The van der Waals surface area contributed by atoms with Crippen molar-refractivity contribution in [3.05, 3.63) is 21.4 Å². The molecule has 60 valence electrons. The van der Waals surface area contributed by atoms with Crippen molar-refractivity contribution in [2.75, 3.05) is 6.61 Å². The van der Waals surface area contributed by atoms with Crippen LogP contribution in [0, 0.1) is 10.5 Å². The Bertz CT molecular complexity index is 230. The molecule has 11 heavy (non-hydrogen) atoms. The number of hydrogen-bond acceptors (Lipinski definition) is 2. The lowest BCUT2D eigenvalue weighted by Gasteiger charge is -2.02. The Balaban J connectivity index is 2.89. The van der Waals surface area contributed by atoms with Gasteiger partial charge in [-0.2, -0.15) is 0 Å². The molecular formula is C8H10INO. The molecule has 2 nitrogen and oxygen atoms in total. The van der Waals surface area contributed by atoms with Crippen molar-refractivity contribution in [3.63, 3.8) is 0 Å². The summed E-state index contributed by atoms with van der Waals surface area (Å²) in [5.74, 6) is 0.719. The summed E-state index contributed by atoms with van der Waals surface area (Å²) >= 11 is 2.25. The zero-order chi connectivity index (χ0) is 8.27. The van der Waals surface area contributed by atoms with Crippen molar-refractivity contribution in [1.29, 1.82) is 0 Å². The summed E-state index contributed by atoms with van der Waals surface area (Å²) < 4.78 is 6.42. The lowest BCUT2D eigenvalue weighted by Crippen LogP contribution is -1.95. The third kappa shape index (κ3) is 2.65. The first-order valence-corrected chi connectivity index (χ1v) is 4.57. The van der Waals surface area contributed by atoms with Crippen LogP contribution in [-0.2, 0) is 0 Å². The molecule has 0 saturated heterocycles. The van der Waals surface area contributed by atoms with Crippen molar-refractivity contribution in [3.8, 4) is 5.88 Å². The lowest BCUT2D eigenvalue weighted by atomic mass is 10.4. The highest BCUT2D eigenvalue weighted by atomic mass is 127. The molecule has 3 heteroatoms. The maximum atomic E-state index is 5.25. The fraction of sp³-hybridized carbons (Fsp3) is 0.375. The van der Waals surface area contributed by atoms with Gasteiger partial charge in [-0.05, 0) is 42.5 Å². The highest BCUT2D eigenvalue weighted by Crippen LogP contribution is 2.13. The largest absolute Gasteiger partial charge is 0.478 e. The second kappa shape index (κ2) is 3.90. The molecule has 0 saturated carbocycles. The van der Waals surface area contributed by atoms with E-state index < -0.39 is 0 Å². The molecule has 1 heterocycles. The van der Waals surface area contributed by atoms with Gasteiger partial charge in [0.15, 0.2) is 0 Å². The summed E-state index contributed by atoms with van der Waals surface area (Å²) in [7, 11) is 0. The number of nitrogens with zero attached hydrogens (tertiary/aromatic N) is 1. The SMILES string of the molecule is CCOc1cc(I)cc(C)n1. The van der Waals surface area contributed by atoms with Crippen LogP contribution < -0.4 is 4.74 Å². The summed E-state index contributed by atoms with van der Waals surface area (Å²) in [6.07, 6.45) is 0. The van der Waals surface area contributed by atoms with Crippen molar-refractivity contribution in [2.45, 2.75) is 13.8 Å². The smallest absolute Gasteiger partial charge is 0.214 e. The van der Waals surface area contributed by atoms with E-state index in [9.17, 15) is 0 Å². The van der Waals surface area contributed by atoms with Gasteiger partial charge in [-0.15, -0.1) is 0 Å². The summed E-state index contributed by atoms with van der Waals surface area (Å²) in [6, 6.07) is 3.94. The van der Waals surface area contributed by atoms with E-state index in [2.05, 4.69) is 27.6 Å². The van der Waals surface area contributed by atoms with Gasteiger partial charge in [-0.3, -0.25) is 0 Å². The highest BCUT2D eigenvalue weighted by Gasteiger charge is 1.96. The Hall–Kier alpha value is -0.320. The van der Waals surface area contributed by atoms with Gasteiger partial charge in [-0.1, -0.05) is 0 Å². The zero-order valence-electron chi connectivity index (χ0n) is 6.60. The number of ether oxygens (including phenoxy) is 1. The number of hydrogen-bond donors (Lipinski definition) is 0. The minimum atomic E-state index is 0.673. The quantitative estimate of drug-likeness (QED) is 0.764. The summed E-state index contributed by atoms with van der Waals surface area (Å²) in [4.78, 5) is 4.20. The van der Waals surface area contributed by atoms with Crippen LogP contribution in [0.4, 0.5) is 0 Å². The van der Waals surface area contributed by atoms with Crippen LogP contribution in [0.25, 0.3) is 0 Å². The predicted octanol–water partition coefficient (Wildman–Crippen LogP) is 2.39. The Labute approximate surface area is 80.1 Å². The Morgan fingerprint density at radius 2 is 2.27 bits per heavy atom. The predicted molar refractivity (Wildman–Crippen MR) is 52.9 cm³/mol. The number of pyridine rings is 1. The summed E-state index contributed by atoms with van der Waals surface area (Å²) in [6.45, 7) is 4.59. The van der Waals surface area contributed by atoms with Gasteiger partial charge in [0, 0.05) is 15.3 Å². The number of aryl methyl sites for hydroxylation is 1. The third-order valence-corrected chi connectivity index (χ3v) is 1.81. The van der Waals surface area contributed by atoms with Gasteiger partial charge < -0.3 is 4.74 Å². The van der Waals surface area contributed by atoms with E-state index >= 15 is 0 Å². The third-order valence-electron chi connectivity index (χ3n) is 1.19. The van der Waals surface area contributed by atoms with Crippen LogP contribution in [0.2, 0.25) is 0 Å². The van der Waals surface area contributed by atoms with Gasteiger partial charge in [0.25, 0.3) is 0 Å². The average Bonchev–Trinajstić information content (AvgIpc) is 1.85. The monoisotopic (exact) mass is 263 g/mol. The fourth-order valence-electron chi connectivity index (χ4n) is 0.819. The first-order chi connectivity index (χ1) is 5.22. The van der Waals surface area contributed by atoms with Crippen LogP contribution in [0.1, 0.15) is 12.6 Å². The highest BCUT2D eigenvalue weighted by molar-refractivity contribution is 14.1.